The first-order chi connectivity index (χ1) is 36.0. The second-order valence-electron chi connectivity index (χ2n) is 20.2. The summed E-state index contributed by atoms with van der Waals surface area (Å²) in [4.78, 5) is 38.0. The van der Waals surface area contributed by atoms with Crippen LogP contribution < -0.4 is 0 Å². The number of unbranched alkanes of at least 4 members (excludes halogenated alkanes) is 28. The Kier molecular flexibility index (Phi) is 57.8. The van der Waals surface area contributed by atoms with Gasteiger partial charge in [0.05, 0.1) is 0 Å². The van der Waals surface area contributed by atoms with Gasteiger partial charge in [-0.3, -0.25) is 14.4 Å². The Morgan fingerprint density at radius 1 is 0.288 bits per heavy atom. The lowest BCUT2D eigenvalue weighted by Gasteiger charge is -2.18. The van der Waals surface area contributed by atoms with Gasteiger partial charge in [0, 0.05) is 19.3 Å². The highest BCUT2D eigenvalue weighted by Gasteiger charge is 2.19. The molecule has 0 aliphatic heterocycles. The van der Waals surface area contributed by atoms with Crippen LogP contribution in [0, 0.1) is 0 Å². The summed E-state index contributed by atoms with van der Waals surface area (Å²) in [7, 11) is 0. The molecule has 0 radical (unpaired) electrons. The van der Waals surface area contributed by atoms with E-state index < -0.39 is 6.10 Å². The molecule has 0 rings (SSSR count). The molecule has 0 aliphatic rings. The summed E-state index contributed by atoms with van der Waals surface area (Å²) >= 11 is 0. The number of carbonyl (C=O) groups is 3. The molecule has 0 saturated carbocycles. The van der Waals surface area contributed by atoms with E-state index in [2.05, 4.69) is 118 Å². The summed E-state index contributed by atoms with van der Waals surface area (Å²) in [6.07, 6.45) is 81.4. The second kappa shape index (κ2) is 60.9. The molecule has 1 unspecified atom stereocenters. The molecule has 73 heavy (non-hydrogen) atoms. The lowest BCUT2D eigenvalue weighted by molar-refractivity contribution is -0.167. The molecular formula is C67H114O6. The number of rotatable bonds is 55. The Labute approximate surface area is 451 Å². The van der Waals surface area contributed by atoms with E-state index in [-0.39, 0.29) is 31.1 Å². The van der Waals surface area contributed by atoms with E-state index in [0.717, 1.165) is 122 Å². The average molecular weight is 1020 g/mol. The van der Waals surface area contributed by atoms with Crippen molar-refractivity contribution in [1.82, 2.24) is 0 Å². The predicted octanol–water partition coefficient (Wildman–Crippen LogP) is 20.9. The van der Waals surface area contributed by atoms with Gasteiger partial charge in [0.25, 0.3) is 0 Å². The van der Waals surface area contributed by atoms with Gasteiger partial charge in [-0.2, -0.15) is 0 Å². The zero-order chi connectivity index (χ0) is 52.9. The van der Waals surface area contributed by atoms with E-state index in [1.165, 1.54) is 128 Å². The quantitative estimate of drug-likeness (QED) is 0.0261. The molecule has 1 atom stereocenters. The normalized spacial score (nSPS) is 12.8. The van der Waals surface area contributed by atoms with Crippen molar-refractivity contribution in [1.29, 1.82) is 0 Å². The minimum absolute atomic E-state index is 0.0786. The van der Waals surface area contributed by atoms with Crippen LogP contribution in [0.15, 0.2) is 97.2 Å². The molecule has 418 valence electrons. The van der Waals surface area contributed by atoms with E-state index >= 15 is 0 Å². The van der Waals surface area contributed by atoms with Gasteiger partial charge in [0.2, 0.25) is 0 Å². The first-order valence-electron chi connectivity index (χ1n) is 30.7. The van der Waals surface area contributed by atoms with Crippen molar-refractivity contribution in [2.45, 2.75) is 297 Å². The van der Waals surface area contributed by atoms with Crippen molar-refractivity contribution in [3.05, 3.63) is 97.2 Å². The maximum absolute atomic E-state index is 12.8. The fourth-order valence-corrected chi connectivity index (χ4v) is 8.52. The Morgan fingerprint density at radius 2 is 0.534 bits per heavy atom. The first-order valence-corrected chi connectivity index (χ1v) is 30.7. The molecule has 0 aromatic carbocycles. The molecule has 0 heterocycles. The van der Waals surface area contributed by atoms with Crippen LogP contribution in [-0.4, -0.2) is 37.2 Å². The van der Waals surface area contributed by atoms with Gasteiger partial charge in [-0.1, -0.05) is 285 Å². The highest BCUT2D eigenvalue weighted by atomic mass is 16.6. The number of ether oxygens (including phenoxy) is 3. The fraction of sp³-hybridized carbons (Fsp3) is 0.716. The van der Waals surface area contributed by atoms with Crippen LogP contribution >= 0.6 is 0 Å². The zero-order valence-electron chi connectivity index (χ0n) is 47.9. The van der Waals surface area contributed by atoms with Gasteiger partial charge in [-0.15, -0.1) is 0 Å². The predicted molar refractivity (Wildman–Crippen MR) is 316 cm³/mol. The summed E-state index contributed by atoms with van der Waals surface area (Å²) in [5, 5.41) is 0. The Morgan fingerprint density at radius 3 is 0.836 bits per heavy atom. The van der Waals surface area contributed by atoms with Crippen LogP contribution in [0.25, 0.3) is 0 Å². The third kappa shape index (κ3) is 59.1. The Hall–Kier alpha value is -3.67. The van der Waals surface area contributed by atoms with Crippen LogP contribution in [0.5, 0.6) is 0 Å². The zero-order valence-corrected chi connectivity index (χ0v) is 47.9. The SMILES string of the molecule is CC/C=C\C/C=C\C/C=C\C/C=C\C/C=C\C/C=C\C/C=C\C/C=C\CCCCCCCCC(=O)OCC(COC(=O)CCCCCCCCCC)OC(=O)CCCCCCCCCCCCCCCCCC. The first kappa shape index (κ1) is 69.3. The van der Waals surface area contributed by atoms with Gasteiger partial charge in [-0.25, -0.2) is 0 Å². The molecule has 0 fully saturated rings. The number of carbonyl (C=O) groups excluding carboxylic acids is 3. The van der Waals surface area contributed by atoms with Gasteiger partial charge >= 0.3 is 17.9 Å². The minimum Gasteiger partial charge on any atom is -0.462 e. The number of hydrogen-bond acceptors (Lipinski definition) is 6. The van der Waals surface area contributed by atoms with E-state index in [0.29, 0.717) is 19.3 Å². The van der Waals surface area contributed by atoms with Crippen LogP contribution in [0.2, 0.25) is 0 Å². The molecule has 0 aliphatic carbocycles. The molecule has 6 heteroatoms. The summed E-state index contributed by atoms with van der Waals surface area (Å²) in [6, 6.07) is 0. The van der Waals surface area contributed by atoms with Gasteiger partial charge < -0.3 is 14.2 Å². The maximum atomic E-state index is 12.8. The van der Waals surface area contributed by atoms with Crippen molar-refractivity contribution in [2.24, 2.45) is 0 Å². The van der Waals surface area contributed by atoms with E-state index in [9.17, 15) is 14.4 Å². The van der Waals surface area contributed by atoms with Crippen LogP contribution in [0.1, 0.15) is 290 Å². The summed E-state index contributed by atoms with van der Waals surface area (Å²) in [5.74, 6) is -0.890. The van der Waals surface area contributed by atoms with Crippen LogP contribution in [-0.2, 0) is 28.6 Å². The van der Waals surface area contributed by atoms with Gasteiger partial charge in [0.15, 0.2) is 6.10 Å². The fourth-order valence-electron chi connectivity index (χ4n) is 8.52. The monoisotopic (exact) mass is 1010 g/mol. The number of allylic oxidation sites excluding steroid dienone is 16. The molecule has 0 spiro atoms. The second-order valence-corrected chi connectivity index (χ2v) is 20.2. The summed E-state index contributed by atoms with van der Waals surface area (Å²) in [6.45, 7) is 6.50. The average Bonchev–Trinajstić information content (AvgIpc) is 3.39. The highest BCUT2D eigenvalue weighted by Crippen LogP contribution is 2.16. The summed E-state index contributed by atoms with van der Waals surface area (Å²) < 4.78 is 16.8. The summed E-state index contributed by atoms with van der Waals surface area (Å²) in [5.41, 5.74) is 0. The molecule has 6 nitrogen and oxygen atoms in total. The third-order valence-corrected chi connectivity index (χ3v) is 13.1. The Bertz CT molecular complexity index is 1440. The van der Waals surface area contributed by atoms with Gasteiger partial charge in [-0.05, 0) is 83.5 Å². The molecule has 0 aromatic rings. The van der Waals surface area contributed by atoms with Gasteiger partial charge in [0.1, 0.15) is 13.2 Å². The molecule has 0 saturated heterocycles. The van der Waals surface area contributed by atoms with Crippen molar-refractivity contribution < 1.29 is 28.6 Å². The maximum Gasteiger partial charge on any atom is 0.306 e. The van der Waals surface area contributed by atoms with Crippen molar-refractivity contribution in [2.75, 3.05) is 13.2 Å². The molecule has 0 bridgehead atoms. The van der Waals surface area contributed by atoms with Crippen LogP contribution in [0.4, 0.5) is 0 Å². The van der Waals surface area contributed by atoms with Crippen molar-refractivity contribution in [3.63, 3.8) is 0 Å². The smallest absolute Gasteiger partial charge is 0.306 e. The topological polar surface area (TPSA) is 78.9 Å². The largest absolute Gasteiger partial charge is 0.462 e. The van der Waals surface area contributed by atoms with E-state index in [4.69, 9.17) is 14.2 Å². The van der Waals surface area contributed by atoms with E-state index in [1.807, 2.05) is 0 Å². The van der Waals surface area contributed by atoms with Crippen molar-refractivity contribution >= 4 is 17.9 Å². The number of hydrogen-bond donors (Lipinski definition) is 0. The Balaban J connectivity index is 4.20. The molecule has 0 aromatic heterocycles. The number of esters is 3. The molecule has 0 amide bonds. The van der Waals surface area contributed by atoms with Crippen molar-refractivity contribution in [3.8, 4) is 0 Å². The third-order valence-electron chi connectivity index (χ3n) is 13.1. The van der Waals surface area contributed by atoms with E-state index in [1.54, 1.807) is 0 Å². The van der Waals surface area contributed by atoms with Crippen LogP contribution in [0.3, 0.4) is 0 Å². The standard InChI is InChI=1S/C67H114O6/c1-4-7-10-13-16-19-21-23-25-27-28-29-30-31-32-33-34-35-36-37-38-39-40-41-43-44-46-48-51-54-57-60-66(69)72-63-64(62-71-65(68)59-56-53-50-18-15-12-9-6-3)73-67(70)61-58-55-52-49-47-45-42-26-24-22-20-17-14-11-8-5-2/h7,10,16,19,23,25,28-29,31-32,34-35,37-38,40-41,64H,4-6,8-9,11-15,17-18,20-22,24,26-27,30,33,36,39,42-63H2,1-3H3/b10-7-,19-16-,25-23-,29-28-,32-31-,35-34-,38-37-,41-40-. The molecule has 0 N–H and O–H groups in total. The highest BCUT2D eigenvalue weighted by molar-refractivity contribution is 5.71. The lowest BCUT2D eigenvalue weighted by atomic mass is 10.0. The molecular weight excluding hydrogens is 901 g/mol. The minimum atomic E-state index is -0.779. The lowest BCUT2D eigenvalue weighted by Crippen LogP contribution is -2.30.